The van der Waals surface area contributed by atoms with Crippen LogP contribution < -0.4 is 25.4 Å². The molecule has 3 rings (SSSR count). The third-order valence-electron chi connectivity index (χ3n) is 4.45. The van der Waals surface area contributed by atoms with Crippen molar-refractivity contribution in [3.05, 3.63) is 70.0 Å². The molecule has 0 aliphatic heterocycles. The molecule has 13 heteroatoms. The van der Waals surface area contributed by atoms with Crippen LogP contribution in [0.15, 0.2) is 48.7 Å². The molecule has 0 saturated carbocycles. The third kappa shape index (κ3) is 6.46. The molecule has 1 aromatic heterocycles. The second-order valence-corrected chi connectivity index (χ2v) is 7.63. The van der Waals surface area contributed by atoms with Crippen molar-refractivity contribution in [3.8, 4) is 17.2 Å². The number of alkyl halides is 3. The molecular weight excluding hydrogens is 512 g/mol. The maximum atomic E-state index is 13.2. The van der Waals surface area contributed by atoms with E-state index in [1.165, 1.54) is 50.7 Å². The molecular formula is C22H17Cl2F3N4O4. The molecule has 0 unspecified atom stereocenters. The van der Waals surface area contributed by atoms with Crippen LogP contribution in [0.3, 0.4) is 0 Å². The zero-order valence-electron chi connectivity index (χ0n) is 18.1. The van der Waals surface area contributed by atoms with Gasteiger partial charge in [0.1, 0.15) is 22.9 Å². The van der Waals surface area contributed by atoms with E-state index in [1.807, 2.05) is 0 Å². The van der Waals surface area contributed by atoms with Crippen molar-refractivity contribution < 1.29 is 32.2 Å². The number of carbonyl (C=O) groups is 2. The highest BCUT2D eigenvalue weighted by Crippen LogP contribution is 2.40. The number of pyridine rings is 1. The van der Waals surface area contributed by atoms with E-state index in [9.17, 15) is 22.8 Å². The number of amides is 3. The summed E-state index contributed by atoms with van der Waals surface area (Å²) < 4.78 is 50.2. The van der Waals surface area contributed by atoms with Gasteiger partial charge in [0.25, 0.3) is 5.91 Å². The summed E-state index contributed by atoms with van der Waals surface area (Å²) in [6.07, 6.45) is -3.33. The molecule has 35 heavy (non-hydrogen) atoms. The maximum absolute atomic E-state index is 13.2. The summed E-state index contributed by atoms with van der Waals surface area (Å²) in [6.45, 7) is 0. The second kappa shape index (κ2) is 10.7. The Bertz CT molecular complexity index is 1270. The van der Waals surface area contributed by atoms with E-state index < -0.39 is 28.7 Å². The Balaban J connectivity index is 1.74. The summed E-state index contributed by atoms with van der Waals surface area (Å²) in [6, 6.07) is 8.01. The summed E-state index contributed by atoms with van der Waals surface area (Å²) in [5.74, 6) is 0.0651. The third-order valence-corrected chi connectivity index (χ3v) is 5.06. The van der Waals surface area contributed by atoms with Crippen LogP contribution in [-0.2, 0) is 6.18 Å². The van der Waals surface area contributed by atoms with Crippen LogP contribution in [0.25, 0.3) is 0 Å². The maximum Gasteiger partial charge on any atom is 0.417 e. The number of hydrogen-bond acceptors (Lipinski definition) is 5. The number of nitrogens with one attached hydrogen (secondary N) is 3. The SMILES string of the molecule is CNC(=O)c1cc(Oc2ccc(NC(=O)Nc3cc(C(F)(F)F)c(Cl)cc3OC)cc2Cl)ccn1. The fraction of sp³-hybridized carbons (Fsp3) is 0.136. The van der Waals surface area contributed by atoms with Crippen LogP contribution in [0, 0.1) is 0 Å². The van der Waals surface area contributed by atoms with Gasteiger partial charge in [-0.2, -0.15) is 13.2 Å². The number of urea groups is 1. The number of nitrogens with zero attached hydrogens (tertiary/aromatic N) is 1. The van der Waals surface area contributed by atoms with Crippen LogP contribution in [0.5, 0.6) is 17.2 Å². The van der Waals surface area contributed by atoms with Crippen LogP contribution in [-0.4, -0.2) is 31.1 Å². The minimum absolute atomic E-state index is 0.0617. The highest BCUT2D eigenvalue weighted by Gasteiger charge is 2.34. The number of rotatable bonds is 6. The summed E-state index contributed by atoms with van der Waals surface area (Å²) in [5.41, 5.74) is -1.00. The van der Waals surface area contributed by atoms with Crippen molar-refractivity contribution in [1.82, 2.24) is 10.3 Å². The van der Waals surface area contributed by atoms with Gasteiger partial charge in [-0.3, -0.25) is 9.78 Å². The van der Waals surface area contributed by atoms with Gasteiger partial charge in [-0.1, -0.05) is 23.2 Å². The van der Waals surface area contributed by atoms with Crippen molar-refractivity contribution in [1.29, 1.82) is 0 Å². The molecule has 0 radical (unpaired) electrons. The Morgan fingerprint density at radius 2 is 1.71 bits per heavy atom. The lowest BCUT2D eigenvalue weighted by molar-refractivity contribution is -0.137. The van der Waals surface area contributed by atoms with E-state index in [0.29, 0.717) is 11.8 Å². The standard InChI is InChI=1S/C22H17Cl2F3N4O4/c1-28-20(32)17-8-12(5-6-29-17)35-18-4-3-11(7-15(18)24)30-21(33)31-16-9-13(22(25,26)27)14(23)10-19(16)34-2/h3-10H,1-2H3,(H,28,32)(H2,30,31,33). The molecule has 0 bridgehead atoms. The van der Waals surface area contributed by atoms with Gasteiger partial charge in [-0.25, -0.2) is 4.79 Å². The predicted molar refractivity (Wildman–Crippen MR) is 125 cm³/mol. The van der Waals surface area contributed by atoms with Crippen LogP contribution in [0.4, 0.5) is 29.3 Å². The molecule has 0 fully saturated rings. The Morgan fingerprint density at radius 3 is 2.34 bits per heavy atom. The molecule has 2 aromatic carbocycles. The molecule has 184 valence electrons. The average Bonchev–Trinajstić information content (AvgIpc) is 2.80. The van der Waals surface area contributed by atoms with Gasteiger partial charge in [0, 0.05) is 31.1 Å². The lowest BCUT2D eigenvalue weighted by atomic mass is 10.1. The molecule has 3 N–H and O–H groups in total. The number of methoxy groups -OCH3 is 1. The zero-order chi connectivity index (χ0) is 25.8. The predicted octanol–water partition coefficient (Wildman–Crippen LogP) is 6.21. The van der Waals surface area contributed by atoms with Crippen molar-refractivity contribution in [3.63, 3.8) is 0 Å². The highest BCUT2D eigenvalue weighted by molar-refractivity contribution is 6.32. The number of hydrogen-bond donors (Lipinski definition) is 3. The van der Waals surface area contributed by atoms with Gasteiger partial charge in [0.15, 0.2) is 0 Å². The Hall–Kier alpha value is -3.70. The van der Waals surface area contributed by atoms with Gasteiger partial charge >= 0.3 is 12.2 Å². The normalized spacial score (nSPS) is 10.9. The Morgan fingerprint density at radius 1 is 0.971 bits per heavy atom. The van der Waals surface area contributed by atoms with E-state index in [-0.39, 0.29) is 33.6 Å². The molecule has 0 spiro atoms. The van der Waals surface area contributed by atoms with E-state index in [2.05, 4.69) is 20.9 Å². The van der Waals surface area contributed by atoms with Crippen molar-refractivity contribution in [2.45, 2.75) is 6.18 Å². The Labute approximate surface area is 207 Å². The summed E-state index contributed by atoms with van der Waals surface area (Å²) in [7, 11) is 2.69. The summed E-state index contributed by atoms with van der Waals surface area (Å²) in [5, 5.41) is 6.74. The summed E-state index contributed by atoms with van der Waals surface area (Å²) in [4.78, 5) is 28.1. The first-order valence-corrected chi connectivity index (χ1v) is 10.5. The largest absolute Gasteiger partial charge is 0.495 e. The number of benzene rings is 2. The first kappa shape index (κ1) is 25.9. The number of anilines is 2. The second-order valence-electron chi connectivity index (χ2n) is 6.81. The smallest absolute Gasteiger partial charge is 0.417 e. The minimum Gasteiger partial charge on any atom is -0.495 e. The molecule has 8 nitrogen and oxygen atoms in total. The average molecular weight is 529 g/mol. The molecule has 0 aliphatic carbocycles. The van der Waals surface area contributed by atoms with Crippen LogP contribution in [0.2, 0.25) is 10.0 Å². The monoisotopic (exact) mass is 528 g/mol. The molecule has 0 aliphatic rings. The number of carbonyl (C=O) groups excluding carboxylic acids is 2. The molecule has 0 atom stereocenters. The van der Waals surface area contributed by atoms with Gasteiger partial charge < -0.3 is 25.4 Å². The fourth-order valence-electron chi connectivity index (χ4n) is 2.84. The lowest BCUT2D eigenvalue weighted by Gasteiger charge is -2.16. The van der Waals surface area contributed by atoms with E-state index in [4.69, 9.17) is 32.7 Å². The topological polar surface area (TPSA) is 102 Å². The van der Waals surface area contributed by atoms with Gasteiger partial charge in [-0.15, -0.1) is 0 Å². The van der Waals surface area contributed by atoms with Crippen molar-refractivity contribution in [2.24, 2.45) is 0 Å². The molecule has 0 saturated heterocycles. The van der Waals surface area contributed by atoms with Crippen molar-refractivity contribution in [2.75, 3.05) is 24.8 Å². The summed E-state index contributed by atoms with van der Waals surface area (Å²) >= 11 is 11.9. The number of halogens is 5. The van der Waals surface area contributed by atoms with E-state index in [1.54, 1.807) is 0 Å². The van der Waals surface area contributed by atoms with Gasteiger partial charge in [-0.05, 0) is 30.3 Å². The fourth-order valence-corrected chi connectivity index (χ4v) is 3.32. The minimum atomic E-state index is -4.73. The molecule has 3 amide bonds. The van der Waals surface area contributed by atoms with Gasteiger partial charge in [0.2, 0.25) is 0 Å². The first-order chi connectivity index (χ1) is 16.5. The number of ether oxygens (including phenoxy) is 2. The molecule has 1 heterocycles. The van der Waals surface area contributed by atoms with Crippen LogP contribution in [0.1, 0.15) is 16.1 Å². The quantitative estimate of drug-likeness (QED) is 0.353. The first-order valence-electron chi connectivity index (χ1n) is 9.70. The highest BCUT2D eigenvalue weighted by atomic mass is 35.5. The van der Waals surface area contributed by atoms with E-state index >= 15 is 0 Å². The van der Waals surface area contributed by atoms with Gasteiger partial charge in [0.05, 0.1) is 28.4 Å². The van der Waals surface area contributed by atoms with Crippen LogP contribution >= 0.6 is 23.2 Å². The lowest BCUT2D eigenvalue weighted by Crippen LogP contribution is -2.20. The number of aromatic nitrogens is 1. The zero-order valence-corrected chi connectivity index (χ0v) is 19.6. The Kier molecular flexibility index (Phi) is 7.92. The molecule has 3 aromatic rings. The van der Waals surface area contributed by atoms with E-state index in [0.717, 1.165) is 6.07 Å². The van der Waals surface area contributed by atoms with Crippen molar-refractivity contribution >= 4 is 46.5 Å².